The fourth-order valence-corrected chi connectivity index (χ4v) is 10.9. The first-order valence-electron chi connectivity index (χ1n) is 20.2. The van der Waals surface area contributed by atoms with Crippen LogP contribution < -0.4 is 22.1 Å². The predicted molar refractivity (Wildman–Crippen MR) is 193 cm³/mol. The summed E-state index contributed by atoms with van der Waals surface area (Å²) in [5.74, 6) is -1.54. The third-order valence-corrected chi connectivity index (χ3v) is 13.8. The monoisotopic (exact) mass is 734 g/mol. The zero-order valence-electron chi connectivity index (χ0n) is 31.2. The van der Waals surface area contributed by atoms with Gasteiger partial charge in [-0.2, -0.15) is 0 Å². The van der Waals surface area contributed by atoms with Crippen molar-refractivity contribution in [2.75, 3.05) is 26.3 Å². The van der Waals surface area contributed by atoms with Crippen molar-refractivity contribution in [3.05, 3.63) is 11.6 Å². The molecular formula is C39H66N4O9. The molecular weight excluding hydrogens is 668 g/mol. The Morgan fingerprint density at radius 1 is 1.04 bits per heavy atom. The van der Waals surface area contributed by atoms with E-state index in [2.05, 4.69) is 10.6 Å². The van der Waals surface area contributed by atoms with Gasteiger partial charge in [0.2, 0.25) is 0 Å². The Kier molecular flexibility index (Phi) is 13.5. The van der Waals surface area contributed by atoms with Gasteiger partial charge in [0.05, 0.1) is 67.6 Å². The van der Waals surface area contributed by atoms with E-state index in [9.17, 15) is 30.0 Å². The number of piperidine rings is 2. The number of hydrogen-bond donors (Lipinski definition) is 8. The molecule has 14 unspecified atom stereocenters. The molecule has 4 aliphatic heterocycles. The highest BCUT2D eigenvalue weighted by atomic mass is 16.6. The Balaban J connectivity index is 1.39. The van der Waals surface area contributed by atoms with Crippen LogP contribution in [0.3, 0.4) is 0 Å². The maximum absolute atomic E-state index is 14.0. The molecule has 6 fully saturated rings. The standard InChI is InChI=1S/C39H66N4O9/c1-3-23(19-44)38(49)51-30-17-28-35(48)34-29(47)16-26(20-45)50-37(34)33(36(28)52-39(30,2)11-9-21-7-8-31(40)43-18-21)27(24-10-12-42-32(41)15-24)14-22-5-4-6-25(46)13-22/h3,21-22,24-28,30-37,42-46,48H,4-20,40-41H2,1-2H3/t21?,22?,24?,25?,26?,27?,28?,30-,31?,32?,33?,34?,35?,36?,37?,39-/m0/s1. The second-order valence-corrected chi connectivity index (χ2v) is 17.3. The highest BCUT2D eigenvalue weighted by molar-refractivity contribution is 5.88. The molecule has 0 aromatic heterocycles. The number of fused-ring (bicyclic) bond motifs is 2. The van der Waals surface area contributed by atoms with Crippen LogP contribution >= 0.6 is 0 Å². The molecule has 2 saturated carbocycles. The van der Waals surface area contributed by atoms with Crippen LogP contribution in [0.1, 0.15) is 97.3 Å². The van der Waals surface area contributed by atoms with Crippen molar-refractivity contribution < 1.29 is 44.2 Å². The number of carbonyl (C=O) groups excluding carboxylic acids is 2. The van der Waals surface area contributed by atoms with Crippen LogP contribution in [0, 0.1) is 41.4 Å². The topological polar surface area (TPSA) is 219 Å². The number of allylic oxidation sites excluding steroid dienone is 1. The fourth-order valence-electron chi connectivity index (χ4n) is 10.9. The normalized spacial score (nSPS) is 45.1. The van der Waals surface area contributed by atoms with Crippen LogP contribution in [-0.4, -0.2) is 113 Å². The SMILES string of the molecule is CC=C(CO)C(=O)O[C@H]1CC2C(O)C3C(=O)CC(CO)OC3C(C(CC3CCCC(O)C3)C3CCNC(N)C3)C2O[C@@]1(C)CCC1CCC(N)NC1. The molecule has 4 saturated heterocycles. The molecule has 52 heavy (non-hydrogen) atoms. The molecule has 0 spiro atoms. The Hall–Kier alpha value is -1.52. The highest BCUT2D eigenvalue weighted by Gasteiger charge is 2.63. The second kappa shape index (κ2) is 17.5. The molecule has 0 aromatic carbocycles. The van der Waals surface area contributed by atoms with Crippen LogP contribution in [0.4, 0.5) is 0 Å². The van der Waals surface area contributed by atoms with Crippen LogP contribution in [0.15, 0.2) is 11.6 Å². The van der Waals surface area contributed by atoms with Crippen molar-refractivity contribution >= 4 is 11.8 Å². The first-order chi connectivity index (χ1) is 24.9. The average Bonchev–Trinajstić information content (AvgIpc) is 3.12. The van der Waals surface area contributed by atoms with Crippen LogP contribution in [0.2, 0.25) is 0 Å². The molecule has 16 atom stereocenters. The van der Waals surface area contributed by atoms with Crippen LogP contribution in [0.5, 0.6) is 0 Å². The Labute approximate surface area is 309 Å². The minimum Gasteiger partial charge on any atom is -0.456 e. The first-order valence-corrected chi connectivity index (χ1v) is 20.2. The molecule has 0 amide bonds. The number of aliphatic hydroxyl groups excluding tert-OH is 4. The summed E-state index contributed by atoms with van der Waals surface area (Å²) in [5.41, 5.74) is 11.9. The molecule has 0 radical (unpaired) electrons. The molecule has 0 bridgehead atoms. The summed E-state index contributed by atoms with van der Waals surface area (Å²) >= 11 is 0. The van der Waals surface area contributed by atoms with Gasteiger partial charge < -0.3 is 56.7 Å². The number of nitrogens with one attached hydrogen (secondary N) is 2. The number of hydrogen-bond acceptors (Lipinski definition) is 13. The Morgan fingerprint density at radius 2 is 1.85 bits per heavy atom. The number of aliphatic hydroxyl groups is 4. The van der Waals surface area contributed by atoms with Gasteiger partial charge in [-0.15, -0.1) is 0 Å². The lowest BCUT2D eigenvalue weighted by atomic mass is 9.56. The highest BCUT2D eigenvalue weighted by Crippen LogP contribution is 2.55. The quantitative estimate of drug-likeness (QED) is 0.111. The minimum absolute atomic E-state index is 0.0117. The molecule has 4 heterocycles. The van der Waals surface area contributed by atoms with Crippen molar-refractivity contribution in [1.29, 1.82) is 0 Å². The van der Waals surface area contributed by atoms with Crippen LogP contribution in [0.25, 0.3) is 0 Å². The van der Waals surface area contributed by atoms with Gasteiger partial charge in [0.15, 0.2) is 0 Å². The summed E-state index contributed by atoms with van der Waals surface area (Å²) in [4.78, 5) is 27.4. The largest absolute Gasteiger partial charge is 0.456 e. The summed E-state index contributed by atoms with van der Waals surface area (Å²) in [5, 5.41) is 49.9. The van der Waals surface area contributed by atoms with Gasteiger partial charge in [0.1, 0.15) is 17.5 Å². The van der Waals surface area contributed by atoms with Crippen molar-refractivity contribution in [3.8, 4) is 0 Å². The van der Waals surface area contributed by atoms with Crippen molar-refractivity contribution in [1.82, 2.24) is 10.6 Å². The van der Waals surface area contributed by atoms with Gasteiger partial charge in [-0.3, -0.25) is 4.79 Å². The molecule has 6 aliphatic rings. The Bertz CT molecular complexity index is 1250. The second-order valence-electron chi connectivity index (χ2n) is 17.3. The molecule has 13 heteroatoms. The molecule has 6 rings (SSSR count). The van der Waals surface area contributed by atoms with Crippen molar-refractivity contribution in [2.24, 2.45) is 52.9 Å². The summed E-state index contributed by atoms with van der Waals surface area (Å²) in [6, 6.07) is 0. The van der Waals surface area contributed by atoms with Gasteiger partial charge in [0, 0.05) is 18.3 Å². The number of ether oxygens (including phenoxy) is 3. The summed E-state index contributed by atoms with van der Waals surface area (Å²) in [6.45, 7) is 4.49. The lowest BCUT2D eigenvalue weighted by Crippen LogP contribution is -2.69. The van der Waals surface area contributed by atoms with Gasteiger partial charge in [-0.1, -0.05) is 18.9 Å². The van der Waals surface area contributed by atoms with E-state index in [4.69, 9.17) is 25.7 Å². The van der Waals surface area contributed by atoms with E-state index in [1.165, 1.54) is 0 Å². The maximum atomic E-state index is 14.0. The van der Waals surface area contributed by atoms with E-state index in [-0.39, 0.29) is 66.5 Å². The predicted octanol–water partition coefficient (Wildman–Crippen LogP) is 1.23. The summed E-state index contributed by atoms with van der Waals surface area (Å²) in [6.07, 6.45) is 6.81. The first kappa shape index (κ1) is 40.2. The third kappa shape index (κ3) is 8.79. The van der Waals surface area contributed by atoms with Crippen molar-refractivity contribution in [3.63, 3.8) is 0 Å². The molecule has 10 N–H and O–H groups in total. The number of ketones is 1. The third-order valence-electron chi connectivity index (χ3n) is 13.8. The van der Waals surface area contributed by atoms with Gasteiger partial charge in [-0.05, 0) is 115 Å². The molecule has 296 valence electrons. The lowest BCUT2D eigenvalue weighted by molar-refractivity contribution is -0.293. The molecule has 0 aromatic rings. The van der Waals surface area contributed by atoms with E-state index < -0.39 is 60.5 Å². The maximum Gasteiger partial charge on any atom is 0.336 e. The zero-order chi connectivity index (χ0) is 37.2. The number of rotatable bonds is 11. The van der Waals surface area contributed by atoms with Crippen molar-refractivity contribution in [2.45, 2.75) is 152 Å². The Morgan fingerprint density at radius 3 is 2.52 bits per heavy atom. The number of Topliss-reactive ketones (excluding diaryl/α,β-unsaturated/α-hetero) is 1. The molecule has 13 nitrogen and oxygen atoms in total. The van der Waals surface area contributed by atoms with E-state index in [1.54, 1.807) is 13.0 Å². The van der Waals surface area contributed by atoms with Gasteiger partial charge in [-0.25, -0.2) is 4.79 Å². The molecule has 2 aliphatic carbocycles. The smallest absolute Gasteiger partial charge is 0.336 e. The minimum atomic E-state index is -1.10. The zero-order valence-corrected chi connectivity index (χ0v) is 31.2. The van der Waals surface area contributed by atoms with Crippen LogP contribution in [-0.2, 0) is 23.8 Å². The number of carbonyl (C=O) groups is 2. The fraction of sp³-hybridized carbons (Fsp3) is 0.897. The van der Waals surface area contributed by atoms with E-state index in [0.717, 1.165) is 77.3 Å². The lowest BCUT2D eigenvalue weighted by Gasteiger charge is -2.60. The van der Waals surface area contributed by atoms with Gasteiger partial charge in [0.25, 0.3) is 0 Å². The summed E-state index contributed by atoms with van der Waals surface area (Å²) < 4.78 is 20.3. The average molecular weight is 735 g/mol. The van der Waals surface area contributed by atoms with E-state index in [1.807, 2.05) is 6.92 Å². The number of nitrogens with two attached hydrogens (primary N) is 2. The van der Waals surface area contributed by atoms with E-state index >= 15 is 0 Å². The number of esters is 1. The summed E-state index contributed by atoms with van der Waals surface area (Å²) in [7, 11) is 0. The van der Waals surface area contributed by atoms with Gasteiger partial charge >= 0.3 is 5.97 Å². The van der Waals surface area contributed by atoms with E-state index in [0.29, 0.717) is 18.8 Å².